The first-order valence-electron chi connectivity index (χ1n) is 9.10. The molecule has 29 heavy (non-hydrogen) atoms. The second-order valence-electron chi connectivity index (χ2n) is 6.80. The highest BCUT2D eigenvalue weighted by atomic mass is 32.2. The van der Waals surface area contributed by atoms with Crippen LogP contribution in [-0.4, -0.2) is 37.7 Å². The van der Waals surface area contributed by atoms with Crippen molar-refractivity contribution in [1.29, 1.82) is 0 Å². The molecule has 0 atom stereocenters. The summed E-state index contributed by atoms with van der Waals surface area (Å²) in [5.74, 6) is 0.880. The Kier molecular flexibility index (Phi) is 6.14. The van der Waals surface area contributed by atoms with E-state index in [1.54, 1.807) is 12.3 Å². The van der Waals surface area contributed by atoms with Crippen molar-refractivity contribution in [2.24, 2.45) is 0 Å². The van der Waals surface area contributed by atoms with E-state index in [-0.39, 0.29) is 17.2 Å². The molecule has 1 amide bonds. The molecule has 152 valence electrons. The molecule has 1 heterocycles. The highest BCUT2D eigenvalue weighted by molar-refractivity contribution is 7.89. The minimum atomic E-state index is -3.57. The SMILES string of the molecule is Cc1ccc(S(=O)(=O)N(C)C)cc1NC(=O)CCc1ncc(-c2ccccc2)o1. The molecule has 0 bridgehead atoms. The number of carbonyl (C=O) groups excluding carboxylic acids is 1. The molecule has 0 fully saturated rings. The standard InChI is InChI=1S/C21H23N3O4S/c1-15-9-10-17(29(26,27)24(2)3)13-18(15)23-20(25)11-12-21-22-14-19(28-21)16-7-5-4-6-8-16/h4-10,13-14H,11-12H2,1-3H3,(H,23,25). The number of hydrogen-bond acceptors (Lipinski definition) is 5. The molecule has 0 aliphatic carbocycles. The number of nitrogens with one attached hydrogen (secondary N) is 1. The number of benzene rings is 2. The summed E-state index contributed by atoms with van der Waals surface area (Å²) in [6.07, 6.45) is 2.15. The number of hydrogen-bond donors (Lipinski definition) is 1. The van der Waals surface area contributed by atoms with E-state index in [0.717, 1.165) is 15.4 Å². The maximum absolute atomic E-state index is 12.4. The minimum absolute atomic E-state index is 0.128. The highest BCUT2D eigenvalue weighted by Gasteiger charge is 2.19. The lowest BCUT2D eigenvalue weighted by atomic mass is 10.2. The summed E-state index contributed by atoms with van der Waals surface area (Å²) in [7, 11) is -0.642. The highest BCUT2D eigenvalue weighted by Crippen LogP contribution is 2.23. The molecule has 0 aliphatic heterocycles. The lowest BCUT2D eigenvalue weighted by Gasteiger charge is -2.14. The lowest BCUT2D eigenvalue weighted by Crippen LogP contribution is -2.22. The third-order valence-corrected chi connectivity index (χ3v) is 6.25. The van der Waals surface area contributed by atoms with Crippen LogP contribution >= 0.6 is 0 Å². The van der Waals surface area contributed by atoms with Crippen molar-refractivity contribution in [3.8, 4) is 11.3 Å². The van der Waals surface area contributed by atoms with E-state index in [1.807, 2.05) is 37.3 Å². The van der Waals surface area contributed by atoms with Crippen LogP contribution < -0.4 is 5.32 Å². The Hall–Kier alpha value is -2.97. The van der Waals surface area contributed by atoms with Gasteiger partial charge in [0.15, 0.2) is 11.7 Å². The molecule has 1 N–H and O–H groups in total. The topological polar surface area (TPSA) is 92.5 Å². The van der Waals surface area contributed by atoms with Crippen molar-refractivity contribution in [3.63, 3.8) is 0 Å². The van der Waals surface area contributed by atoms with Crippen molar-refractivity contribution in [3.05, 3.63) is 66.2 Å². The molecule has 0 radical (unpaired) electrons. The van der Waals surface area contributed by atoms with Gasteiger partial charge in [-0.1, -0.05) is 36.4 Å². The van der Waals surface area contributed by atoms with E-state index >= 15 is 0 Å². The normalized spacial score (nSPS) is 11.6. The van der Waals surface area contributed by atoms with Gasteiger partial charge in [-0.15, -0.1) is 0 Å². The van der Waals surface area contributed by atoms with E-state index in [1.165, 1.54) is 26.2 Å². The molecule has 0 unspecified atom stereocenters. The number of carbonyl (C=O) groups is 1. The first-order valence-corrected chi connectivity index (χ1v) is 10.5. The van der Waals surface area contributed by atoms with E-state index < -0.39 is 10.0 Å². The zero-order valence-electron chi connectivity index (χ0n) is 16.5. The predicted molar refractivity (Wildman–Crippen MR) is 111 cm³/mol. The molecule has 3 aromatic rings. The number of anilines is 1. The van der Waals surface area contributed by atoms with Crippen LogP contribution in [0.4, 0.5) is 5.69 Å². The number of rotatable bonds is 7. The fourth-order valence-electron chi connectivity index (χ4n) is 2.70. The Morgan fingerprint density at radius 1 is 1.14 bits per heavy atom. The molecule has 0 saturated heterocycles. The molecule has 0 spiro atoms. The van der Waals surface area contributed by atoms with Crippen molar-refractivity contribution in [1.82, 2.24) is 9.29 Å². The molecule has 3 rings (SSSR count). The first-order chi connectivity index (χ1) is 13.8. The summed E-state index contributed by atoms with van der Waals surface area (Å²) in [6, 6.07) is 14.3. The van der Waals surface area contributed by atoms with Crippen molar-refractivity contribution < 1.29 is 17.6 Å². The van der Waals surface area contributed by atoms with Crippen molar-refractivity contribution >= 4 is 21.6 Å². The quantitative estimate of drug-likeness (QED) is 0.640. The number of nitrogens with zero attached hydrogens (tertiary/aromatic N) is 2. The zero-order valence-corrected chi connectivity index (χ0v) is 17.4. The monoisotopic (exact) mass is 413 g/mol. The zero-order chi connectivity index (χ0) is 21.0. The molecular weight excluding hydrogens is 390 g/mol. The Labute approximate surface area is 170 Å². The summed E-state index contributed by atoms with van der Waals surface area (Å²) in [5.41, 5.74) is 2.17. The Morgan fingerprint density at radius 3 is 2.55 bits per heavy atom. The molecule has 7 nitrogen and oxygen atoms in total. The van der Waals surface area contributed by atoms with Crippen LogP contribution in [0.15, 0.2) is 64.0 Å². The van der Waals surface area contributed by atoms with Crippen LogP contribution in [0, 0.1) is 6.92 Å². The fourth-order valence-corrected chi connectivity index (χ4v) is 3.63. The van der Waals surface area contributed by atoms with Gasteiger partial charge in [0.25, 0.3) is 0 Å². The number of sulfonamides is 1. The van der Waals surface area contributed by atoms with Crippen LogP contribution in [0.1, 0.15) is 17.9 Å². The first kappa shape index (κ1) is 20.8. The number of aryl methyl sites for hydroxylation is 2. The maximum atomic E-state index is 12.4. The largest absolute Gasteiger partial charge is 0.441 e. The van der Waals surface area contributed by atoms with Gasteiger partial charge < -0.3 is 9.73 Å². The van der Waals surface area contributed by atoms with Gasteiger partial charge in [0.2, 0.25) is 15.9 Å². The van der Waals surface area contributed by atoms with E-state index in [0.29, 0.717) is 23.8 Å². The van der Waals surface area contributed by atoms with Crippen LogP contribution in [0.5, 0.6) is 0 Å². The van der Waals surface area contributed by atoms with Crippen LogP contribution in [-0.2, 0) is 21.2 Å². The summed E-state index contributed by atoms with van der Waals surface area (Å²) in [4.78, 5) is 16.7. The molecular formula is C21H23N3O4S. The Balaban J connectivity index is 1.65. The van der Waals surface area contributed by atoms with Gasteiger partial charge in [0.05, 0.1) is 11.1 Å². The van der Waals surface area contributed by atoms with Crippen LogP contribution in [0.3, 0.4) is 0 Å². The molecule has 8 heteroatoms. The van der Waals surface area contributed by atoms with Gasteiger partial charge in [0, 0.05) is 38.2 Å². The predicted octanol–water partition coefficient (Wildman–Crippen LogP) is 3.47. The van der Waals surface area contributed by atoms with E-state index in [2.05, 4.69) is 10.3 Å². The average molecular weight is 413 g/mol. The minimum Gasteiger partial charge on any atom is -0.441 e. The Bertz CT molecular complexity index is 1110. The van der Waals surface area contributed by atoms with Gasteiger partial charge in [-0.05, 0) is 24.6 Å². The molecule has 0 aliphatic rings. The second kappa shape index (κ2) is 8.59. The van der Waals surface area contributed by atoms with Gasteiger partial charge in [-0.25, -0.2) is 17.7 Å². The van der Waals surface area contributed by atoms with Crippen molar-refractivity contribution in [2.75, 3.05) is 19.4 Å². The van der Waals surface area contributed by atoms with Crippen LogP contribution in [0.2, 0.25) is 0 Å². The smallest absolute Gasteiger partial charge is 0.242 e. The van der Waals surface area contributed by atoms with E-state index in [4.69, 9.17) is 4.42 Å². The number of aromatic nitrogens is 1. The molecule has 0 saturated carbocycles. The number of oxazole rings is 1. The van der Waals surface area contributed by atoms with E-state index in [9.17, 15) is 13.2 Å². The summed E-state index contributed by atoms with van der Waals surface area (Å²) >= 11 is 0. The lowest BCUT2D eigenvalue weighted by molar-refractivity contribution is -0.116. The summed E-state index contributed by atoms with van der Waals surface area (Å²) in [6.45, 7) is 1.81. The van der Waals surface area contributed by atoms with Crippen molar-refractivity contribution in [2.45, 2.75) is 24.7 Å². The van der Waals surface area contributed by atoms with Gasteiger partial charge >= 0.3 is 0 Å². The van der Waals surface area contributed by atoms with Gasteiger partial charge in [-0.3, -0.25) is 4.79 Å². The number of amides is 1. The molecule has 2 aromatic carbocycles. The summed E-state index contributed by atoms with van der Waals surface area (Å²) < 4.78 is 31.5. The second-order valence-corrected chi connectivity index (χ2v) is 8.95. The molecule has 1 aromatic heterocycles. The third kappa shape index (κ3) is 4.90. The summed E-state index contributed by atoms with van der Waals surface area (Å²) in [5, 5.41) is 2.78. The fraction of sp³-hybridized carbons (Fsp3) is 0.238. The third-order valence-electron chi connectivity index (χ3n) is 4.44. The van der Waals surface area contributed by atoms with Gasteiger partial charge in [0.1, 0.15) is 0 Å². The van der Waals surface area contributed by atoms with Gasteiger partial charge in [-0.2, -0.15) is 0 Å². The van der Waals surface area contributed by atoms with Crippen LogP contribution in [0.25, 0.3) is 11.3 Å². The Morgan fingerprint density at radius 2 is 1.86 bits per heavy atom. The maximum Gasteiger partial charge on any atom is 0.242 e. The average Bonchev–Trinajstić information content (AvgIpc) is 3.17.